The summed E-state index contributed by atoms with van der Waals surface area (Å²) in [7, 11) is 0. The van der Waals surface area contributed by atoms with Gasteiger partial charge in [-0.15, -0.1) is 11.3 Å². The molecule has 2 aromatic rings. The predicted molar refractivity (Wildman–Crippen MR) is 69.1 cm³/mol. The molecule has 1 unspecified atom stereocenters. The fourth-order valence-electron chi connectivity index (χ4n) is 1.40. The highest BCUT2D eigenvalue weighted by Crippen LogP contribution is 2.26. The number of primary amides is 1. The lowest BCUT2D eigenvalue weighted by Gasteiger charge is -2.14. The van der Waals surface area contributed by atoms with Crippen LogP contribution in [-0.4, -0.2) is 10.9 Å². The summed E-state index contributed by atoms with van der Waals surface area (Å²) in [5.74, 6) is -1.01. The number of carbonyl (C=O) groups excluding carboxylic acids is 1. The van der Waals surface area contributed by atoms with Crippen molar-refractivity contribution in [1.82, 2.24) is 4.98 Å². The van der Waals surface area contributed by atoms with Gasteiger partial charge in [-0.1, -0.05) is 17.7 Å². The lowest BCUT2D eigenvalue weighted by molar-refractivity contribution is -0.118. The molecule has 94 valence electrons. The Hall–Kier alpha value is -1.66. The Morgan fingerprint density at radius 2 is 2.33 bits per heavy atom. The maximum absolute atomic E-state index is 13.0. The predicted octanol–water partition coefficient (Wildman–Crippen LogP) is 2.57. The lowest BCUT2D eigenvalue weighted by atomic mass is 10.2. The van der Waals surface area contributed by atoms with E-state index in [4.69, 9.17) is 17.3 Å². The number of nitrogens with two attached hydrogens (primary N) is 1. The molecule has 0 fully saturated rings. The van der Waals surface area contributed by atoms with Gasteiger partial charge >= 0.3 is 0 Å². The Labute approximate surface area is 112 Å². The van der Waals surface area contributed by atoms with E-state index in [0.717, 1.165) is 11.3 Å². The van der Waals surface area contributed by atoms with E-state index in [0.29, 0.717) is 15.0 Å². The Balaban J connectivity index is 2.24. The number of amides is 1. The van der Waals surface area contributed by atoms with E-state index >= 15 is 0 Å². The molecule has 0 saturated carbocycles. The number of anilines is 1. The second-order valence-electron chi connectivity index (χ2n) is 3.49. The van der Waals surface area contributed by atoms with Crippen molar-refractivity contribution in [3.63, 3.8) is 0 Å². The first-order chi connectivity index (χ1) is 8.56. The molecular weight excluding hydrogens is 277 g/mol. The standard InChI is InChI=1S/C11H9ClFN3OS/c12-8-5-15-11(18-8)9(10(14)17)16-7-3-1-2-6(13)4-7/h1-5,9,16H,(H2,14,17). The molecule has 0 aliphatic carbocycles. The molecule has 0 aliphatic rings. The van der Waals surface area contributed by atoms with E-state index in [-0.39, 0.29) is 0 Å². The van der Waals surface area contributed by atoms with Crippen LogP contribution in [0.5, 0.6) is 0 Å². The van der Waals surface area contributed by atoms with Crippen LogP contribution in [0.3, 0.4) is 0 Å². The van der Waals surface area contributed by atoms with Gasteiger partial charge in [0.25, 0.3) is 0 Å². The number of nitrogens with zero attached hydrogens (tertiary/aromatic N) is 1. The summed E-state index contributed by atoms with van der Waals surface area (Å²) in [4.78, 5) is 15.4. The summed E-state index contributed by atoms with van der Waals surface area (Å²) in [6.07, 6.45) is 1.44. The minimum Gasteiger partial charge on any atom is -0.368 e. The van der Waals surface area contributed by atoms with Crippen LogP contribution in [-0.2, 0) is 4.79 Å². The minimum atomic E-state index is -0.829. The van der Waals surface area contributed by atoms with Gasteiger partial charge in [-0.3, -0.25) is 4.79 Å². The maximum Gasteiger partial charge on any atom is 0.247 e. The van der Waals surface area contributed by atoms with Crippen molar-refractivity contribution >= 4 is 34.5 Å². The van der Waals surface area contributed by atoms with Crippen molar-refractivity contribution in [3.8, 4) is 0 Å². The number of rotatable bonds is 4. The Kier molecular flexibility index (Phi) is 3.78. The first-order valence-corrected chi connectivity index (χ1v) is 6.18. The highest BCUT2D eigenvalue weighted by Gasteiger charge is 2.21. The fourth-order valence-corrected chi connectivity index (χ4v) is 2.39. The number of carbonyl (C=O) groups is 1. The largest absolute Gasteiger partial charge is 0.368 e. The summed E-state index contributed by atoms with van der Waals surface area (Å²) in [5, 5.41) is 3.27. The second-order valence-corrected chi connectivity index (χ2v) is 5.19. The molecule has 1 atom stereocenters. The molecule has 4 nitrogen and oxygen atoms in total. The van der Waals surface area contributed by atoms with Gasteiger partial charge in [0.2, 0.25) is 5.91 Å². The summed E-state index contributed by atoms with van der Waals surface area (Å²) in [6.45, 7) is 0. The van der Waals surface area contributed by atoms with E-state index in [9.17, 15) is 9.18 Å². The molecule has 7 heteroatoms. The normalized spacial score (nSPS) is 12.1. The van der Waals surface area contributed by atoms with Gasteiger partial charge in [0.15, 0.2) is 6.04 Å². The first kappa shape index (κ1) is 12.8. The summed E-state index contributed by atoms with van der Waals surface area (Å²) < 4.78 is 13.5. The van der Waals surface area contributed by atoms with E-state index in [1.54, 1.807) is 6.07 Å². The SMILES string of the molecule is NC(=O)C(Nc1cccc(F)c1)c1ncc(Cl)s1. The number of halogens is 2. The first-order valence-electron chi connectivity index (χ1n) is 4.99. The zero-order chi connectivity index (χ0) is 13.1. The van der Waals surface area contributed by atoms with Crippen molar-refractivity contribution in [3.05, 3.63) is 45.6 Å². The monoisotopic (exact) mass is 285 g/mol. The van der Waals surface area contributed by atoms with Crippen molar-refractivity contribution in [2.24, 2.45) is 5.73 Å². The Morgan fingerprint density at radius 3 is 2.89 bits per heavy atom. The molecule has 18 heavy (non-hydrogen) atoms. The van der Waals surface area contributed by atoms with Gasteiger partial charge in [-0.25, -0.2) is 9.37 Å². The fraction of sp³-hybridized carbons (Fsp3) is 0.0909. The molecule has 0 spiro atoms. The van der Waals surface area contributed by atoms with Crippen LogP contribution in [0.1, 0.15) is 11.0 Å². The van der Waals surface area contributed by atoms with Crippen LogP contribution in [0, 0.1) is 5.82 Å². The molecule has 3 N–H and O–H groups in total. The maximum atomic E-state index is 13.0. The van der Waals surface area contributed by atoms with Gasteiger partial charge in [0.1, 0.15) is 15.2 Å². The number of nitrogens with one attached hydrogen (secondary N) is 1. The van der Waals surface area contributed by atoms with E-state index < -0.39 is 17.8 Å². The second kappa shape index (κ2) is 5.32. The van der Waals surface area contributed by atoms with Crippen molar-refractivity contribution < 1.29 is 9.18 Å². The molecule has 0 saturated heterocycles. The lowest BCUT2D eigenvalue weighted by Crippen LogP contribution is -2.27. The zero-order valence-corrected chi connectivity index (χ0v) is 10.6. The van der Waals surface area contributed by atoms with Crippen LogP contribution in [0.2, 0.25) is 4.34 Å². The summed E-state index contributed by atoms with van der Waals surface area (Å²) in [5.41, 5.74) is 5.74. The number of benzene rings is 1. The van der Waals surface area contributed by atoms with Gasteiger partial charge < -0.3 is 11.1 Å². The van der Waals surface area contributed by atoms with Gasteiger partial charge in [-0.2, -0.15) is 0 Å². The Bertz CT molecular complexity index is 575. The molecule has 2 rings (SSSR count). The van der Waals surface area contributed by atoms with Crippen LogP contribution in [0.4, 0.5) is 10.1 Å². The average molecular weight is 286 g/mol. The molecular formula is C11H9ClFN3OS. The van der Waals surface area contributed by atoms with Crippen LogP contribution in [0.25, 0.3) is 0 Å². The van der Waals surface area contributed by atoms with Gasteiger partial charge in [0, 0.05) is 5.69 Å². The quantitative estimate of drug-likeness (QED) is 0.907. The van der Waals surface area contributed by atoms with Gasteiger partial charge in [0.05, 0.1) is 6.20 Å². The topological polar surface area (TPSA) is 68.0 Å². The van der Waals surface area contributed by atoms with Crippen molar-refractivity contribution in [1.29, 1.82) is 0 Å². The minimum absolute atomic E-state index is 0.402. The van der Waals surface area contributed by atoms with Crippen LogP contribution >= 0.6 is 22.9 Å². The van der Waals surface area contributed by atoms with Gasteiger partial charge in [-0.05, 0) is 18.2 Å². The average Bonchev–Trinajstić information content (AvgIpc) is 2.72. The van der Waals surface area contributed by atoms with Crippen molar-refractivity contribution in [2.45, 2.75) is 6.04 Å². The molecule has 0 aliphatic heterocycles. The highest BCUT2D eigenvalue weighted by molar-refractivity contribution is 7.16. The Morgan fingerprint density at radius 1 is 1.56 bits per heavy atom. The smallest absolute Gasteiger partial charge is 0.247 e. The summed E-state index contributed by atoms with van der Waals surface area (Å²) in [6, 6.07) is 4.92. The molecule has 1 aromatic heterocycles. The third kappa shape index (κ3) is 2.96. The zero-order valence-electron chi connectivity index (χ0n) is 9.06. The van der Waals surface area contributed by atoms with E-state index in [2.05, 4.69) is 10.3 Å². The third-order valence-electron chi connectivity index (χ3n) is 2.16. The molecule has 1 aromatic carbocycles. The third-order valence-corrected chi connectivity index (χ3v) is 3.34. The number of aromatic nitrogens is 1. The number of hydrogen-bond acceptors (Lipinski definition) is 4. The highest BCUT2D eigenvalue weighted by atomic mass is 35.5. The van der Waals surface area contributed by atoms with E-state index in [1.807, 2.05) is 0 Å². The number of thiazole rings is 1. The van der Waals surface area contributed by atoms with Crippen molar-refractivity contribution in [2.75, 3.05) is 5.32 Å². The molecule has 0 radical (unpaired) electrons. The van der Waals surface area contributed by atoms with Crippen LogP contribution in [0.15, 0.2) is 30.5 Å². The summed E-state index contributed by atoms with van der Waals surface area (Å²) >= 11 is 6.90. The van der Waals surface area contributed by atoms with Crippen LogP contribution < -0.4 is 11.1 Å². The number of hydrogen-bond donors (Lipinski definition) is 2. The molecule has 1 heterocycles. The van der Waals surface area contributed by atoms with E-state index in [1.165, 1.54) is 24.4 Å². The molecule has 0 bridgehead atoms. The molecule has 1 amide bonds.